The monoisotopic (exact) mass is 396 g/mol. The molecule has 0 aliphatic heterocycles. The van der Waals surface area contributed by atoms with Crippen LogP contribution in [0.1, 0.15) is 25.7 Å². The van der Waals surface area contributed by atoms with E-state index in [1.54, 1.807) is 0 Å². The lowest BCUT2D eigenvalue weighted by molar-refractivity contribution is 0.420. The normalized spacial score (nSPS) is 23.2. The Morgan fingerprint density at radius 1 is 1.33 bits per heavy atom. The Labute approximate surface area is 137 Å². The molecule has 1 aliphatic carbocycles. The van der Waals surface area contributed by atoms with Crippen LogP contribution in [0, 0.1) is 5.82 Å². The topological polar surface area (TPSA) is 72.2 Å². The van der Waals surface area contributed by atoms with Crippen molar-refractivity contribution in [2.24, 2.45) is 0 Å². The quantitative estimate of drug-likeness (QED) is 0.766. The van der Waals surface area contributed by atoms with Crippen LogP contribution in [0.3, 0.4) is 0 Å². The van der Waals surface area contributed by atoms with E-state index < -0.39 is 15.8 Å². The van der Waals surface area contributed by atoms with Gasteiger partial charge < -0.3 is 5.73 Å². The number of hydrogen-bond acceptors (Lipinski definition) is 4. The molecule has 1 saturated carbocycles. The molecule has 1 fully saturated rings. The molecule has 0 aromatic heterocycles. The molecule has 118 valence electrons. The molecule has 0 heterocycles. The minimum absolute atomic E-state index is 0.0808. The van der Waals surface area contributed by atoms with Gasteiger partial charge in [-0.2, -0.15) is 11.8 Å². The Morgan fingerprint density at radius 3 is 2.52 bits per heavy atom. The predicted molar refractivity (Wildman–Crippen MR) is 88.4 cm³/mol. The molecule has 1 aromatic carbocycles. The zero-order chi connectivity index (χ0) is 15.6. The van der Waals surface area contributed by atoms with E-state index in [0.29, 0.717) is 5.25 Å². The van der Waals surface area contributed by atoms with Crippen molar-refractivity contribution in [2.75, 3.05) is 12.0 Å². The largest absolute Gasteiger partial charge is 0.398 e. The molecule has 0 bridgehead atoms. The van der Waals surface area contributed by atoms with Crippen LogP contribution in [0.2, 0.25) is 0 Å². The van der Waals surface area contributed by atoms with Gasteiger partial charge in [-0.05, 0) is 60.0 Å². The summed E-state index contributed by atoms with van der Waals surface area (Å²) in [6.45, 7) is 0. The van der Waals surface area contributed by atoms with Gasteiger partial charge in [-0.3, -0.25) is 0 Å². The summed E-state index contributed by atoms with van der Waals surface area (Å²) in [5.41, 5.74) is 5.56. The Bertz CT molecular complexity index is 617. The third kappa shape index (κ3) is 4.12. The first-order valence-electron chi connectivity index (χ1n) is 6.63. The van der Waals surface area contributed by atoms with E-state index in [2.05, 4.69) is 26.9 Å². The van der Waals surface area contributed by atoms with E-state index in [0.717, 1.165) is 31.7 Å². The molecular weight excluding hydrogens is 379 g/mol. The molecule has 0 radical (unpaired) electrons. The summed E-state index contributed by atoms with van der Waals surface area (Å²) in [6, 6.07) is 2.14. The van der Waals surface area contributed by atoms with Gasteiger partial charge >= 0.3 is 0 Å². The lowest BCUT2D eigenvalue weighted by atomic mass is 9.96. The second-order valence-corrected chi connectivity index (χ2v) is 8.81. The van der Waals surface area contributed by atoms with Crippen molar-refractivity contribution in [1.29, 1.82) is 0 Å². The molecule has 1 aliphatic rings. The number of thioether (sulfide) groups is 1. The van der Waals surface area contributed by atoms with Gasteiger partial charge in [0, 0.05) is 11.3 Å². The number of nitrogens with two attached hydrogens (primary N) is 1. The van der Waals surface area contributed by atoms with Crippen molar-refractivity contribution in [1.82, 2.24) is 4.72 Å². The second kappa shape index (κ2) is 6.85. The average Bonchev–Trinajstić information content (AvgIpc) is 2.43. The van der Waals surface area contributed by atoms with Crippen molar-refractivity contribution < 1.29 is 12.8 Å². The number of nitrogens with one attached hydrogen (secondary N) is 1. The molecular formula is C13H18BrFN2O2S2. The zero-order valence-electron chi connectivity index (χ0n) is 11.6. The van der Waals surface area contributed by atoms with Crippen LogP contribution in [-0.2, 0) is 10.0 Å². The number of sulfonamides is 1. The van der Waals surface area contributed by atoms with Gasteiger partial charge in [0.15, 0.2) is 0 Å². The van der Waals surface area contributed by atoms with Crippen LogP contribution >= 0.6 is 27.7 Å². The Morgan fingerprint density at radius 2 is 1.95 bits per heavy atom. The summed E-state index contributed by atoms with van der Waals surface area (Å²) in [7, 11) is -3.73. The maximum absolute atomic E-state index is 13.3. The number of halogens is 2. The highest BCUT2D eigenvalue weighted by atomic mass is 79.9. The van der Waals surface area contributed by atoms with Crippen LogP contribution in [0.15, 0.2) is 21.5 Å². The van der Waals surface area contributed by atoms with Gasteiger partial charge in [0.25, 0.3) is 0 Å². The number of benzene rings is 1. The van der Waals surface area contributed by atoms with Gasteiger partial charge in [0.1, 0.15) is 10.7 Å². The summed E-state index contributed by atoms with van der Waals surface area (Å²) in [4.78, 5) is -0.0808. The van der Waals surface area contributed by atoms with Crippen molar-refractivity contribution >= 4 is 43.4 Å². The number of anilines is 1. The summed E-state index contributed by atoms with van der Waals surface area (Å²) in [5, 5.41) is 0.607. The van der Waals surface area contributed by atoms with Crippen LogP contribution in [0.4, 0.5) is 10.1 Å². The zero-order valence-corrected chi connectivity index (χ0v) is 14.8. The van der Waals surface area contributed by atoms with Crippen LogP contribution in [0.5, 0.6) is 0 Å². The van der Waals surface area contributed by atoms with Crippen molar-refractivity contribution in [2.45, 2.75) is 41.9 Å². The third-order valence-corrected chi connectivity index (χ3v) is 6.99. The molecule has 1 aromatic rings. The van der Waals surface area contributed by atoms with Gasteiger partial charge in [-0.1, -0.05) is 0 Å². The van der Waals surface area contributed by atoms with Crippen molar-refractivity contribution in [3.8, 4) is 0 Å². The number of nitrogen functional groups attached to an aromatic ring is 1. The maximum Gasteiger partial charge on any atom is 0.242 e. The molecule has 0 amide bonds. The maximum atomic E-state index is 13.3. The summed E-state index contributed by atoms with van der Waals surface area (Å²) < 4.78 is 40.9. The van der Waals surface area contributed by atoms with E-state index in [-0.39, 0.29) is 21.1 Å². The summed E-state index contributed by atoms with van der Waals surface area (Å²) in [5.74, 6) is -0.577. The fraction of sp³-hybridized carbons (Fsp3) is 0.538. The molecule has 4 nitrogen and oxygen atoms in total. The second-order valence-electron chi connectivity index (χ2n) is 5.13. The minimum Gasteiger partial charge on any atom is -0.398 e. The molecule has 0 saturated heterocycles. The van der Waals surface area contributed by atoms with Crippen molar-refractivity contribution in [3.05, 3.63) is 22.4 Å². The predicted octanol–water partition coefficient (Wildman–Crippen LogP) is 3.12. The smallest absolute Gasteiger partial charge is 0.242 e. The first-order valence-corrected chi connectivity index (χ1v) is 10.2. The van der Waals surface area contributed by atoms with Crippen LogP contribution in [0.25, 0.3) is 0 Å². The lowest BCUT2D eigenvalue weighted by Gasteiger charge is -2.28. The standard InChI is InChI=1S/C13H18BrFN2O2S2/c1-20-9-4-2-8(3-5-9)17-21(18,19)13-6-10(14)11(15)7-12(13)16/h6-9,17H,2-5,16H2,1H3. The Kier molecular flexibility index (Phi) is 5.56. The van der Waals surface area contributed by atoms with E-state index >= 15 is 0 Å². The average molecular weight is 397 g/mol. The number of hydrogen-bond donors (Lipinski definition) is 2. The highest BCUT2D eigenvalue weighted by Crippen LogP contribution is 2.30. The fourth-order valence-corrected chi connectivity index (χ4v) is 5.16. The minimum atomic E-state index is -3.73. The van der Waals surface area contributed by atoms with E-state index in [4.69, 9.17) is 5.73 Å². The van der Waals surface area contributed by atoms with Crippen LogP contribution in [-0.4, -0.2) is 26.0 Å². The van der Waals surface area contributed by atoms with Crippen molar-refractivity contribution in [3.63, 3.8) is 0 Å². The SMILES string of the molecule is CSC1CCC(NS(=O)(=O)c2cc(Br)c(F)cc2N)CC1. The van der Waals surface area contributed by atoms with Gasteiger partial charge in [-0.15, -0.1) is 0 Å². The molecule has 2 rings (SSSR count). The molecule has 3 N–H and O–H groups in total. The first kappa shape index (κ1) is 17.1. The Balaban J connectivity index is 2.14. The molecule has 0 spiro atoms. The van der Waals surface area contributed by atoms with Gasteiger partial charge in [0.2, 0.25) is 10.0 Å². The van der Waals surface area contributed by atoms with E-state index in [1.807, 2.05) is 11.8 Å². The Hall–Kier alpha value is -0.310. The van der Waals surface area contributed by atoms with Crippen LogP contribution < -0.4 is 10.5 Å². The van der Waals surface area contributed by atoms with E-state index in [9.17, 15) is 12.8 Å². The lowest BCUT2D eigenvalue weighted by Crippen LogP contribution is -2.38. The molecule has 0 atom stereocenters. The summed E-state index contributed by atoms with van der Waals surface area (Å²) in [6.07, 6.45) is 5.69. The highest BCUT2D eigenvalue weighted by Gasteiger charge is 2.27. The van der Waals surface area contributed by atoms with Gasteiger partial charge in [0.05, 0.1) is 10.2 Å². The first-order chi connectivity index (χ1) is 9.83. The number of rotatable bonds is 4. The highest BCUT2D eigenvalue weighted by molar-refractivity contribution is 9.10. The van der Waals surface area contributed by atoms with Gasteiger partial charge in [-0.25, -0.2) is 17.5 Å². The van der Waals surface area contributed by atoms with E-state index in [1.165, 1.54) is 6.07 Å². The fourth-order valence-electron chi connectivity index (χ4n) is 2.48. The third-order valence-electron chi connectivity index (χ3n) is 3.67. The molecule has 8 heteroatoms. The molecule has 0 unspecified atom stereocenters. The summed E-state index contributed by atoms with van der Waals surface area (Å²) >= 11 is 4.81. The molecule has 21 heavy (non-hydrogen) atoms.